The second-order valence-electron chi connectivity index (χ2n) is 12.1. The number of nitrogens with one attached hydrogen (secondary N) is 3. The first-order valence-electron chi connectivity index (χ1n) is 15.8. The maximum Gasteiger partial charge on any atom is 0.451 e. The number of carbonyl (C=O) groups is 1. The van der Waals surface area contributed by atoms with E-state index in [0.717, 1.165) is 48.7 Å². The van der Waals surface area contributed by atoms with E-state index in [1.165, 1.54) is 10.8 Å². The monoisotopic (exact) mass is 682 g/mol. The number of furan rings is 1. The molecule has 50 heavy (non-hydrogen) atoms. The van der Waals surface area contributed by atoms with Gasteiger partial charge in [-0.05, 0) is 42.8 Å². The molecule has 7 aromatic rings. The summed E-state index contributed by atoms with van der Waals surface area (Å²) in [5.74, 6) is -1.36. The summed E-state index contributed by atoms with van der Waals surface area (Å²) < 4.78 is 48.7. The molecule has 254 valence electrons. The number of carbonyl (C=O) groups excluding carboxylic acids is 1. The number of aromatic nitrogens is 7. The lowest BCUT2D eigenvalue weighted by Gasteiger charge is -2.30. The third kappa shape index (κ3) is 5.67. The van der Waals surface area contributed by atoms with Gasteiger partial charge < -0.3 is 29.5 Å². The summed E-state index contributed by atoms with van der Waals surface area (Å²) in [7, 11) is 0. The highest BCUT2D eigenvalue weighted by atomic mass is 19.4. The maximum atomic E-state index is 14.1. The summed E-state index contributed by atoms with van der Waals surface area (Å²) in [5, 5.41) is 16.0. The molecule has 8 rings (SSSR count). The number of rotatable bonds is 8. The minimum atomic E-state index is -4.66. The number of benzene rings is 2. The van der Waals surface area contributed by atoms with Gasteiger partial charge in [0, 0.05) is 58.9 Å². The Balaban J connectivity index is 1.08. The zero-order chi connectivity index (χ0) is 34.6. The molecule has 3 N–H and O–H groups in total. The molecule has 1 amide bonds. The van der Waals surface area contributed by atoms with Gasteiger partial charge in [-0.15, -0.1) is 10.2 Å². The number of anilines is 2. The number of fused-ring (bicyclic) bond motifs is 5. The SMILES string of the molecule is C[C@H](Nc1cnc(N2CCn3c(nnc3C(F)(F)F)C2)n(CC(=O)NCc2cc3cnccc3[nH]2)c1=O)c1ccc2oc3ccccc3c2c1. The third-order valence-corrected chi connectivity index (χ3v) is 8.84. The zero-order valence-electron chi connectivity index (χ0n) is 26.5. The van der Waals surface area contributed by atoms with Crippen LogP contribution in [0.5, 0.6) is 0 Å². The molecule has 0 unspecified atom stereocenters. The molecule has 0 saturated carbocycles. The molecule has 0 radical (unpaired) electrons. The van der Waals surface area contributed by atoms with Gasteiger partial charge in [0.1, 0.15) is 23.4 Å². The first-order chi connectivity index (χ1) is 24.1. The lowest BCUT2D eigenvalue weighted by molar-refractivity contribution is -0.147. The number of hydrogen-bond acceptors (Lipinski definition) is 9. The van der Waals surface area contributed by atoms with Crippen LogP contribution >= 0.6 is 0 Å². The number of amides is 1. The molecular weight excluding hydrogens is 653 g/mol. The Bertz CT molecular complexity index is 2430. The Kier molecular flexibility index (Phi) is 7.49. The Morgan fingerprint density at radius 2 is 1.88 bits per heavy atom. The van der Waals surface area contributed by atoms with E-state index >= 15 is 0 Å². The Morgan fingerprint density at radius 1 is 1.04 bits per heavy atom. The molecule has 0 spiro atoms. The fourth-order valence-electron chi connectivity index (χ4n) is 6.37. The molecule has 2 aromatic carbocycles. The van der Waals surface area contributed by atoms with Crippen LogP contribution in [0.4, 0.5) is 24.8 Å². The summed E-state index contributed by atoms with van der Waals surface area (Å²) in [5.41, 5.74) is 3.64. The van der Waals surface area contributed by atoms with Gasteiger partial charge >= 0.3 is 6.18 Å². The number of alkyl halides is 3. The van der Waals surface area contributed by atoms with Gasteiger partial charge in [0.15, 0.2) is 5.82 Å². The fraction of sp³-hybridized carbons (Fsp3) is 0.235. The second kappa shape index (κ2) is 12.0. The highest BCUT2D eigenvalue weighted by Gasteiger charge is 2.40. The number of aromatic amines is 1. The lowest BCUT2D eigenvalue weighted by Crippen LogP contribution is -2.41. The molecule has 0 saturated heterocycles. The summed E-state index contributed by atoms with van der Waals surface area (Å²) in [6, 6.07) is 16.9. The number of hydrogen-bond donors (Lipinski definition) is 3. The number of H-pyrrole nitrogens is 1. The molecule has 5 aromatic heterocycles. The van der Waals surface area contributed by atoms with Crippen LogP contribution in [0, 0.1) is 0 Å². The Morgan fingerprint density at radius 3 is 2.72 bits per heavy atom. The Labute approximate surface area is 280 Å². The average Bonchev–Trinajstić information content (AvgIpc) is 3.83. The molecule has 1 atom stereocenters. The molecule has 0 aliphatic carbocycles. The highest BCUT2D eigenvalue weighted by molar-refractivity contribution is 6.05. The molecule has 13 nitrogen and oxygen atoms in total. The van der Waals surface area contributed by atoms with E-state index in [9.17, 15) is 22.8 Å². The van der Waals surface area contributed by atoms with Gasteiger partial charge in [-0.1, -0.05) is 24.3 Å². The minimum Gasteiger partial charge on any atom is -0.456 e. The summed E-state index contributed by atoms with van der Waals surface area (Å²) in [6.07, 6.45) is 0.0927. The number of para-hydroxylation sites is 1. The predicted molar refractivity (Wildman–Crippen MR) is 178 cm³/mol. The summed E-state index contributed by atoms with van der Waals surface area (Å²) >= 11 is 0. The van der Waals surface area contributed by atoms with Gasteiger partial charge in [0.05, 0.1) is 19.3 Å². The van der Waals surface area contributed by atoms with Crippen LogP contribution < -0.4 is 21.1 Å². The van der Waals surface area contributed by atoms with Crippen molar-refractivity contribution < 1.29 is 22.4 Å². The zero-order valence-corrected chi connectivity index (χ0v) is 26.5. The predicted octanol–water partition coefficient (Wildman–Crippen LogP) is 5.14. The molecule has 16 heteroatoms. The molecule has 1 aliphatic rings. The molecular formula is C34H29F3N10O3. The van der Waals surface area contributed by atoms with Crippen molar-refractivity contribution >= 4 is 50.4 Å². The standard InChI is InChI=1S/C34H29F3N10O3/c1-19(20-6-7-28-24(13-20)23-4-2-3-5-27(23)50-28)41-26-16-40-33(45-10-11-46-29(17-45)43-44-32(46)34(35,36)37)47(31(26)49)18-30(48)39-15-22-12-21-14-38-9-8-25(21)42-22/h2-9,12-14,16,19,41-42H,10-11,15,17-18H2,1H3,(H,39,48)/t19-/m0/s1. The number of halogens is 3. The van der Waals surface area contributed by atoms with E-state index in [4.69, 9.17) is 4.42 Å². The van der Waals surface area contributed by atoms with E-state index in [1.54, 1.807) is 17.3 Å². The van der Waals surface area contributed by atoms with Crippen LogP contribution in [-0.2, 0) is 37.1 Å². The Hall–Kier alpha value is -6.19. The van der Waals surface area contributed by atoms with Gasteiger partial charge in [-0.25, -0.2) is 4.98 Å². The second-order valence-corrected chi connectivity index (χ2v) is 12.1. The van der Waals surface area contributed by atoms with Crippen molar-refractivity contribution in [2.24, 2.45) is 0 Å². The van der Waals surface area contributed by atoms with Crippen molar-refractivity contribution in [3.8, 4) is 0 Å². The van der Waals surface area contributed by atoms with Crippen molar-refractivity contribution in [2.45, 2.75) is 45.3 Å². The van der Waals surface area contributed by atoms with E-state index in [1.807, 2.05) is 61.5 Å². The molecule has 6 heterocycles. The van der Waals surface area contributed by atoms with Gasteiger partial charge in [0.2, 0.25) is 17.7 Å². The highest BCUT2D eigenvalue weighted by Crippen LogP contribution is 2.32. The van der Waals surface area contributed by atoms with E-state index in [-0.39, 0.29) is 49.7 Å². The minimum absolute atomic E-state index is 0.0695. The van der Waals surface area contributed by atoms with E-state index in [0.29, 0.717) is 0 Å². The third-order valence-electron chi connectivity index (χ3n) is 8.84. The largest absolute Gasteiger partial charge is 0.456 e. The van der Waals surface area contributed by atoms with Crippen molar-refractivity contribution in [3.05, 3.63) is 106 Å². The van der Waals surface area contributed by atoms with Crippen LogP contribution in [-0.4, -0.2) is 46.7 Å². The quantitative estimate of drug-likeness (QED) is 0.198. The smallest absolute Gasteiger partial charge is 0.451 e. The van der Waals surface area contributed by atoms with Crippen LogP contribution in [0.15, 0.2) is 82.4 Å². The van der Waals surface area contributed by atoms with E-state index < -0.39 is 30.0 Å². The first-order valence-corrected chi connectivity index (χ1v) is 15.8. The van der Waals surface area contributed by atoms with Crippen LogP contribution in [0.2, 0.25) is 0 Å². The van der Waals surface area contributed by atoms with Crippen molar-refractivity contribution in [1.82, 2.24) is 39.6 Å². The molecule has 0 fully saturated rings. The van der Waals surface area contributed by atoms with Gasteiger partial charge in [-0.3, -0.25) is 19.1 Å². The van der Waals surface area contributed by atoms with E-state index in [2.05, 4.69) is 35.8 Å². The molecule has 1 aliphatic heterocycles. The normalized spacial score (nSPS) is 14.0. The lowest BCUT2D eigenvalue weighted by atomic mass is 10.0. The van der Waals surface area contributed by atoms with Crippen molar-refractivity contribution in [1.29, 1.82) is 0 Å². The number of nitrogens with zero attached hydrogens (tertiary/aromatic N) is 7. The summed E-state index contributed by atoms with van der Waals surface area (Å²) in [4.78, 5) is 40.9. The van der Waals surface area contributed by atoms with Gasteiger partial charge in [-0.2, -0.15) is 13.2 Å². The number of pyridine rings is 1. The van der Waals surface area contributed by atoms with Crippen molar-refractivity contribution in [2.75, 3.05) is 16.8 Å². The van der Waals surface area contributed by atoms with Crippen LogP contribution in [0.25, 0.3) is 32.8 Å². The molecule has 0 bridgehead atoms. The van der Waals surface area contributed by atoms with Crippen molar-refractivity contribution in [3.63, 3.8) is 0 Å². The van der Waals surface area contributed by atoms with Crippen LogP contribution in [0.3, 0.4) is 0 Å². The van der Waals surface area contributed by atoms with Crippen LogP contribution in [0.1, 0.15) is 35.9 Å². The first kappa shape index (κ1) is 31.1. The maximum absolute atomic E-state index is 14.1. The summed E-state index contributed by atoms with van der Waals surface area (Å²) in [6.45, 7) is 1.57. The topological polar surface area (TPSA) is 152 Å². The van der Waals surface area contributed by atoms with Gasteiger partial charge in [0.25, 0.3) is 5.56 Å². The fourth-order valence-corrected chi connectivity index (χ4v) is 6.37. The average molecular weight is 683 g/mol.